The van der Waals surface area contributed by atoms with Crippen molar-refractivity contribution in [2.75, 3.05) is 11.9 Å². The van der Waals surface area contributed by atoms with Crippen LogP contribution in [0.25, 0.3) is 0 Å². The Morgan fingerprint density at radius 2 is 1.70 bits per heavy atom. The van der Waals surface area contributed by atoms with Crippen LogP contribution < -0.4 is 10.1 Å². The van der Waals surface area contributed by atoms with Gasteiger partial charge in [-0.15, -0.1) is 0 Å². The summed E-state index contributed by atoms with van der Waals surface area (Å²) in [6.07, 6.45) is 8.67. The molecule has 1 amide bonds. The van der Waals surface area contributed by atoms with E-state index in [1.54, 1.807) is 24.3 Å². The van der Waals surface area contributed by atoms with E-state index in [9.17, 15) is 14.7 Å². The van der Waals surface area contributed by atoms with Crippen LogP contribution in [0.5, 0.6) is 5.88 Å². The summed E-state index contributed by atoms with van der Waals surface area (Å²) in [6, 6.07) is 9.45. The van der Waals surface area contributed by atoms with Crippen molar-refractivity contribution < 1.29 is 19.4 Å². The first kappa shape index (κ1) is 20.4. The van der Waals surface area contributed by atoms with E-state index in [-0.39, 0.29) is 11.1 Å². The number of nitrogens with zero attached hydrogens (tertiary/aromatic N) is 1. The standard InChI is InChI=1S/C21H26N2O4/c1-2-3-4-5-6-9-14-27-19-13-12-16(15-22-19)23-20(24)17-10-7-8-11-18(17)21(25)26/h7-8,10-13,15H,2-6,9,14H2,1H3,(H,23,24)(H,25,26). The smallest absolute Gasteiger partial charge is 0.336 e. The number of pyridine rings is 1. The predicted molar refractivity (Wildman–Crippen MR) is 104 cm³/mol. The zero-order chi connectivity index (χ0) is 19.5. The molecule has 144 valence electrons. The molecule has 0 unspecified atom stereocenters. The van der Waals surface area contributed by atoms with Gasteiger partial charge < -0.3 is 15.2 Å². The third-order valence-corrected chi connectivity index (χ3v) is 4.14. The second-order valence-electron chi connectivity index (χ2n) is 6.31. The van der Waals surface area contributed by atoms with Crippen molar-refractivity contribution in [3.8, 4) is 5.88 Å². The maximum Gasteiger partial charge on any atom is 0.336 e. The van der Waals surface area contributed by atoms with E-state index in [0.29, 0.717) is 18.2 Å². The minimum Gasteiger partial charge on any atom is -0.478 e. The lowest BCUT2D eigenvalue weighted by atomic mass is 10.1. The average molecular weight is 370 g/mol. The molecule has 27 heavy (non-hydrogen) atoms. The zero-order valence-electron chi connectivity index (χ0n) is 15.6. The van der Waals surface area contributed by atoms with Gasteiger partial charge in [-0.25, -0.2) is 9.78 Å². The topological polar surface area (TPSA) is 88.5 Å². The summed E-state index contributed by atoms with van der Waals surface area (Å²) in [6.45, 7) is 2.82. The number of ether oxygens (including phenoxy) is 1. The lowest BCUT2D eigenvalue weighted by Gasteiger charge is -2.09. The van der Waals surface area contributed by atoms with Crippen molar-refractivity contribution in [2.45, 2.75) is 45.4 Å². The average Bonchev–Trinajstić information content (AvgIpc) is 2.68. The first-order valence-corrected chi connectivity index (χ1v) is 9.34. The highest BCUT2D eigenvalue weighted by atomic mass is 16.5. The largest absolute Gasteiger partial charge is 0.478 e. The highest BCUT2D eigenvalue weighted by Crippen LogP contribution is 2.15. The predicted octanol–water partition coefficient (Wildman–Crippen LogP) is 4.77. The van der Waals surface area contributed by atoms with Gasteiger partial charge in [0, 0.05) is 6.07 Å². The summed E-state index contributed by atoms with van der Waals surface area (Å²) in [5, 5.41) is 11.8. The monoisotopic (exact) mass is 370 g/mol. The molecule has 0 fully saturated rings. The number of hydrogen-bond donors (Lipinski definition) is 2. The Morgan fingerprint density at radius 3 is 2.37 bits per heavy atom. The molecule has 0 aliphatic rings. The molecule has 1 heterocycles. The molecule has 0 saturated carbocycles. The molecule has 0 aliphatic heterocycles. The van der Waals surface area contributed by atoms with E-state index in [1.165, 1.54) is 44.0 Å². The Balaban J connectivity index is 1.82. The van der Waals surface area contributed by atoms with E-state index in [0.717, 1.165) is 12.8 Å². The SMILES string of the molecule is CCCCCCCCOc1ccc(NC(=O)c2ccccc2C(=O)O)cn1. The van der Waals surface area contributed by atoms with E-state index in [4.69, 9.17) is 4.74 Å². The van der Waals surface area contributed by atoms with Crippen LogP contribution >= 0.6 is 0 Å². The lowest BCUT2D eigenvalue weighted by Crippen LogP contribution is -2.16. The number of unbranched alkanes of at least 4 members (excludes halogenated alkanes) is 5. The summed E-state index contributed by atoms with van der Waals surface area (Å²) in [5.74, 6) is -1.12. The molecule has 0 radical (unpaired) electrons. The molecule has 0 spiro atoms. The van der Waals surface area contributed by atoms with Crippen molar-refractivity contribution in [1.29, 1.82) is 0 Å². The number of benzene rings is 1. The molecule has 2 rings (SSSR count). The molecule has 6 nitrogen and oxygen atoms in total. The van der Waals surface area contributed by atoms with Gasteiger partial charge in [0.1, 0.15) is 0 Å². The Hall–Kier alpha value is -2.89. The summed E-state index contributed by atoms with van der Waals surface area (Å²) >= 11 is 0. The highest BCUT2D eigenvalue weighted by Gasteiger charge is 2.15. The van der Waals surface area contributed by atoms with Crippen LogP contribution in [0.2, 0.25) is 0 Å². The van der Waals surface area contributed by atoms with Crippen LogP contribution in [0.4, 0.5) is 5.69 Å². The normalized spacial score (nSPS) is 10.4. The number of amides is 1. The van der Waals surface area contributed by atoms with E-state index in [2.05, 4.69) is 17.2 Å². The fourth-order valence-corrected chi connectivity index (χ4v) is 2.66. The van der Waals surface area contributed by atoms with Gasteiger partial charge in [0.15, 0.2) is 0 Å². The van der Waals surface area contributed by atoms with Crippen LogP contribution in [0.3, 0.4) is 0 Å². The maximum atomic E-state index is 12.3. The van der Waals surface area contributed by atoms with Crippen molar-refractivity contribution in [3.63, 3.8) is 0 Å². The number of carbonyl (C=O) groups is 2. The Morgan fingerprint density at radius 1 is 1.00 bits per heavy atom. The number of carboxylic acids is 1. The van der Waals surface area contributed by atoms with Crippen molar-refractivity contribution >= 4 is 17.6 Å². The molecule has 0 aliphatic carbocycles. The number of aromatic carboxylic acids is 1. The summed E-state index contributed by atoms with van der Waals surface area (Å²) in [7, 11) is 0. The number of hydrogen-bond acceptors (Lipinski definition) is 4. The van der Waals surface area contributed by atoms with Gasteiger partial charge in [-0.05, 0) is 24.6 Å². The molecule has 0 bridgehead atoms. The molecule has 0 atom stereocenters. The van der Waals surface area contributed by atoms with Gasteiger partial charge in [-0.3, -0.25) is 4.79 Å². The highest BCUT2D eigenvalue weighted by molar-refractivity contribution is 6.10. The van der Waals surface area contributed by atoms with Crippen molar-refractivity contribution in [3.05, 3.63) is 53.7 Å². The molecule has 1 aromatic heterocycles. The lowest BCUT2D eigenvalue weighted by molar-refractivity contribution is 0.0692. The number of anilines is 1. The Bertz CT molecular complexity index is 744. The first-order valence-electron chi connectivity index (χ1n) is 9.34. The second-order valence-corrected chi connectivity index (χ2v) is 6.31. The van der Waals surface area contributed by atoms with Gasteiger partial charge in [-0.2, -0.15) is 0 Å². The maximum absolute atomic E-state index is 12.3. The summed E-state index contributed by atoms with van der Waals surface area (Å²) in [4.78, 5) is 27.7. The van der Waals surface area contributed by atoms with Crippen LogP contribution in [0.15, 0.2) is 42.6 Å². The number of rotatable bonds is 11. The van der Waals surface area contributed by atoms with Gasteiger partial charge in [0.2, 0.25) is 5.88 Å². The number of nitrogens with one attached hydrogen (secondary N) is 1. The molecule has 0 saturated heterocycles. The fourth-order valence-electron chi connectivity index (χ4n) is 2.66. The zero-order valence-corrected chi connectivity index (χ0v) is 15.6. The number of carboxylic acid groups (broad SMARTS) is 1. The van der Waals surface area contributed by atoms with Gasteiger partial charge in [-0.1, -0.05) is 51.2 Å². The van der Waals surface area contributed by atoms with E-state index in [1.807, 2.05) is 0 Å². The molecular formula is C21H26N2O4. The quantitative estimate of drug-likeness (QED) is 0.556. The minimum absolute atomic E-state index is 0.0400. The third kappa shape index (κ3) is 6.73. The second kappa shape index (κ2) is 11.0. The third-order valence-electron chi connectivity index (χ3n) is 4.14. The van der Waals surface area contributed by atoms with Crippen LogP contribution in [0, 0.1) is 0 Å². The van der Waals surface area contributed by atoms with Gasteiger partial charge >= 0.3 is 5.97 Å². The Labute approximate surface area is 159 Å². The number of aromatic nitrogens is 1. The molecule has 6 heteroatoms. The number of carbonyl (C=O) groups excluding carboxylic acids is 1. The van der Waals surface area contributed by atoms with Gasteiger partial charge in [0.25, 0.3) is 5.91 Å². The van der Waals surface area contributed by atoms with E-state index >= 15 is 0 Å². The molecule has 2 N–H and O–H groups in total. The van der Waals surface area contributed by atoms with Crippen LogP contribution in [-0.2, 0) is 0 Å². The van der Waals surface area contributed by atoms with Crippen molar-refractivity contribution in [2.24, 2.45) is 0 Å². The molecule has 2 aromatic rings. The molecule has 1 aromatic carbocycles. The molecular weight excluding hydrogens is 344 g/mol. The summed E-state index contributed by atoms with van der Waals surface area (Å²) < 4.78 is 5.61. The van der Waals surface area contributed by atoms with E-state index < -0.39 is 11.9 Å². The minimum atomic E-state index is -1.14. The first-order chi connectivity index (χ1) is 13.1. The Kier molecular flexibility index (Phi) is 8.29. The van der Waals surface area contributed by atoms with Gasteiger partial charge in [0.05, 0.1) is 29.6 Å². The summed E-state index contributed by atoms with van der Waals surface area (Å²) in [5.41, 5.74) is 0.544. The van der Waals surface area contributed by atoms with Crippen molar-refractivity contribution in [1.82, 2.24) is 4.98 Å². The van der Waals surface area contributed by atoms with Crippen LogP contribution in [-0.4, -0.2) is 28.6 Å². The fraction of sp³-hybridized carbons (Fsp3) is 0.381. The van der Waals surface area contributed by atoms with Crippen LogP contribution in [0.1, 0.15) is 66.2 Å².